The van der Waals surface area contributed by atoms with Crippen molar-refractivity contribution in [1.82, 2.24) is 0 Å². The highest BCUT2D eigenvalue weighted by molar-refractivity contribution is 7.15. The van der Waals surface area contributed by atoms with Gasteiger partial charge < -0.3 is 11.1 Å². The van der Waals surface area contributed by atoms with E-state index in [1.54, 1.807) is 12.3 Å². The van der Waals surface area contributed by atoms with E-state index in [1.165, 1.54) is 11.3 Å². The molecule has 1 atom stereocenters. The Morgan fingerprint density at radius 1 is 1.26 bits per heavy atom. The van der Waals surface area contributed by atoms with Crippen molar-refractivity contribution >= 4 is 51.4 Å². The predicted octanol–water partition coefficient (Wildman–Crippen LogP) is 4.04. The second-order valence-corrected chi connectivity index (χ2v) is 8.11. The Bertz CT molecular complexity index is 789. The van der Waals surface area contributed by atoms with E-state index in [0.717, 1.165) is 5.56 Å². The highest BCUT2D eigenvalue weighted by atomic mass is 35.5. The standard InChI is InChI=1S/C16H14Cl2N2O2S/c1-15(8-16(15,17)18)14(22)20-13-11(12(19)21)10(7-23-13)9-5-3-2-4-6-9/h2-7H,8H2,1H3,(H2,19,21)(H,20,22)/t15-/m1/s1. The first kappa shape index (κ1) is 16.3. The second kappa shape index (κ2) is 5.51. The molecule has 3 rings (SSSR count). The van der Waals surface area contributed by atoms with Crippen LogP contribution in [0.1, 0.15) is 23.7 Å². The number of amides is 2. The van der Waals surface area contributed by atoms with Crippen LogP contribution in [0.15, 0.2) is 35.7 Å². The van der Waals surface area contributed by atoms with Crippen LogP contribution in [-0.2, 0) is 4.79 Å². The molecule has 1 aliphatic carbocycles. The largest absolute Gasteiger partial charge is 0.365 e. The van der Waals surface area contributed by atoms with E-state index < -0.39 is 15.7 Å². The number of anilines is 1. The van der Waals surface area contributed by atoms with Crippen LogP contribution in [0.2, 0.25) is 0 Å². The van der Waals surface area contributed by atoms with Gasteiger partial charge in [-0.3, -0.25) is 9.59 Å². The maximum absolute atomic E-state index is 12.4. The number of benzene rings is 1. The molecular formula is C16H14Cl2N2O2S. The molecule has 1 aliphatic rings. The summed E-state index contributed by atoms with van der Waals surface area (Å²) >= 11 is 13.3. The van der Waals surface area contributed by atoms with Crippen molar-refractivity contribution in [1.29, 1.82) is 0 Å². The van der Waals surface area contributed by atoms with Crippen LogP contribution in [-0.4, -0.2) is 16.1 Å². The first-order valence-electron chi connectivity index (χ1n) is 6.92. The van der Waals surface area contributed by atoms with Crippen molar-refractivity contribution in [3.63, 3.8) is 0 Å². The number of hydrogen-bond donors (Lipinski definition) is 2. The molecule has 1 fully saturated rings. The lowest BCUT2D eigenvalue weighted by molar-refractivity contribution is -0.120. The molecule has 0 radical (unpaired) electrons. The zero-order chi connectivity index (χ0) is 16.8. The number of nitrogens with one attached hydrogen (secondary N) is 1. The third-order valence-corrected chi connectivity index (χ3v) is 6.11. The number of carbonyl (C=O) groups excluding carboxylic acids is 2. The number of halogens is 2. The third kappa shape index (κ3) is 2.73. The molecule has 7 heteroatoms. The zero-order valence-electron chi connectivity index (χ0n) is 12.2. The van der Waals surface area contributed by atoms with Crippen molar-refractivity contribution in [2.24, 2.45) is 11.1 Å². The van der Waals surface area contributed by atoms with E-state index in [9.17, 15) is 9.59 Å². The Balaban J connectivity index is 1.94. The zero-order valence-corrected chi connectivity index (χ0v) is 14.6. The van der Waals surface area contributed by atoms with Crippen LogP contribution in [0.3, 0.4) is 0 Å². The first-order valence-corrected chi connectivity index (χ1v) is 8.56. The monoisotopic (exact) mass is 368 g/mol. The van der Waals surface area contributed by atoms with Crippen molar-refractivity contribution in [3.8, 4) is 11.1 Å². The minimum absolute atomic E-state index is 0.300. The minimum atomic E-state index is -1.07. The molecule has 1 aromatic heterocycles. The highest BCUT2D eigenvalue weighted by Gasteiger charge is 2.68. The number of rotatable bonds is 4. The van der Waals surface area contributed by atoms with Crippen LogP contribution in [0.25, 0.3) is 11.1 Å². The number of alkyl halides is 2. The van der Waals surface area contributed by atoms with Crippen LogP contribution >= 0.6 is 34.5 Å². The number of hydrogen-bond acceptors (Lipinski definition) is 3. The molecule has 0 spiro atoms. The summed E-state index contributed by atoms with van der Waals surface area (Å²) < 4.78 is -1.07. The maximum atomic E-state index is 12.4. The number of carbonyl (C=O) groups is 2. The van der Waals surface area contributed by atoms with E-state index >= 15 is 0 Å². The van der Waals surface area contributed by atoms with Gasteiger partial charge in [-0.05, 0) is 18.9 Å². The van der Waals surface area contributed by atoms with Gasteiger partial charge in [0.25, 0.3) is 5.91 Å². The van der Waals surface area contributed by atoms with E-state index in [2.05, 4.69) is 5.32 Å². The Labute approximate surface area is 147 Å². The van der Waals surface area contributed by atoms with E-state index in [1.807, 2.05) is 30.3 Å². The minimum Gasteiger partial charge on any atom is -0.365 e. The Morgan fingerprint density at radius 2 is 1.87 bits per heavy atom. The molecule has 2 amide bonds. The molecule has 4 nitrogen and oxygen atoms in total. The number of primary amides is 1. The fourth-order valence-corrected chi connectivity index (χ4v) is 4.09. The summed E-state index contributed by atoms with van der Waals surface area (Å²) in [4.78, 5) is 24.3. The molecule has 0 aliphatic heterocycles. The molecule has 23 heavy (non-hydrogen) atoms. The number of nitrogens with two attached hydrogens (primary N) is 1. The Kier molecular flexibility index (Phi) is 3.91. The van der Waals surface area contributed by atoms with Gasteiger partial charge in [-0.2, -0.15) is 0 Å². The van der Waals surface area contributed by atoms with Crippen LogP contribution < -0.4 is 11.1 Å². The van der Waals surface area contributed by atoms with Gasteiger partial charge in [0.1, 0.15) is 9.33 Å². The second-order valence-electron chi connectivity index (χ2n) is 5.75. The maximum Gasteiger partial charge on any atom is 0.252 e. The van der Waals surface area contributed by atoms with Crippen molar-refractivity contribution in [3.05, 3.63) is 41.3 Å². The molecule has 1 aromatic carbocycles. The van der Waals surface area contributed by atoms with Gasteiger partial charge >= 0.3 is 0 Å². The molecule has 0 saturated heterocycles. The van der Waals surface area contributed by atoms with Gasteiger partial charge in [0.15, 0.2) is 0 Å². The van der Waals surface area contributed by atoms with Crippen molar-refractivity contribution < 1.29 is 9.59 Å². The fraction of sp³-hybridized carbons (Fsp3) is 0.250. The Hall–Kier alpha value is -1.56. The van der Waals surface area contributed by atoms with E-state index in [4.69, 9.17) is 28.9 Å². The summed E-state index contributed by atoms with van der Waals surface area (Å²) in [5.41, 5.74) is 6.51. The van der Waals surface area contributed by atoms with Crippen LogP contribution in [0, 0.1) is 5.41 Å². The van der Waals surface area contributed by atoms with Crippen molar-refractivity contribution in [2.75, 3.05) is 5.32 Å². The lowest BCUT2D eigenvalue weighted by Gasteiger charge is -2.12. The average Bonchev–Trinajstić information content (AvgIpc) is 2.85. The summed E-state index contributed by atoms with van der Waals surface area (Å²) in [6.07, 6.45) is 0.373. The predicted molar refractivity (Wildman–Crippen MR) is 94.1 cm³/mol. The van der Waals surface area contributed by atoms with Crippen LogP contribution in [0.4, 0.5) is 5.00 Å². The van der Waals surface area contributed by atoms with Gasteiger partial charge in [-0.25, -0.2) is 0 Å². The molecule has 120 valence electrons. The molecule has 0 bridgehead atoms. The highest BCUT2D eigenvalue weighted by Crippen LogP contribution is 2.64. The van der Waals surface area contributed by atoms with E-state index in [0.29, 0.717) is 22.5 Å². The Morgan fingerprint density at radius 3 is 2.39 bits per heavy atom. The quantitative estimate of drug-likeness (QED) is 0.799. The molecule has 1 heterocycles. The summed E-state index contributed by atoms with van der Waals surface area (Å²) in [6, 6.07) is 9.39. The van der Waals surface area contributed by atoms with Gasteiger partial charge in [0.05, 0.1) is 11.0 Å². The summed E-state index contributed by atoms with van der Waals surface area (Å²) in [6.45, 7) is 1.69. The molecular weight excluding hydrogens is 355 g/mol. The molecule has 1 saturated carbocycles. The van der Waals surface area contributed by atoms with Gasteiger partial charge in [-0.15, -0.1) is 34.5 Å². The van der Waals surface area contributed by atoms with Crippen molar-refractivity contribution in [2.45, 2.75) is 17.7 Å². The SMILES string of the molecule is C[C@]1(C(=O)Nc2scc(-c3ccccc3)c2C(N)=O)CC1(Cl)Cl. The lowest BCUT2D eigenvalue weighted by Crippen LogP contribution is -2.26. The first-order chi connectivity index (χ1) is 10.8. The molecule has 0 unspecified atom stereocenters. The molecule has 3 N–H and O–H groups in total. The smallest absolute Gasteiger partial charge is 0.252 e. The summed E-state index contributed by atoms with van der Waals surface area (Å²) in [5.74, 6) is -0.907. The van der Waals surface area contributed by atoms with Gasteiger partial charge in [-0.1, -0.05) is 30.3 Å². The van der Waals surface area contributed by atoms with Gasteiger partial charge in [0, 0.05) is 10.9 Å². The third-order valence-electron chi connectivity index (χ3n) is 4.11. The number of thiophene rings is 1. The lowest BCUT2D eigenvalue weighted by atomic mass is 10.0. The average molecular weight is 369 g/mol. The molecule has 2 aromatic rings. The summed E-state index contributed by atoms with van der Waals surface area (Å²) in [7, 11) is 0. The summed E-state index contributed by atoms with van der Waals surface area (Å²) in [5, 5.41) is 4.97. The van der Waals surface area contributed by atoms with Gasteiger partial charge in [0.2, 0.25) is 5.91 Å². The van der Waals surface area contributed by atoms with Crippen LogP contribution in [0.5, 0.6) is 0 Å². The van der Waals surface area contributed by atoms with E-state index in [-0.39, 0.29) is 5.91 Å². The fourth-order valence-electron chi connectivity index (χ4n) is 2.41. The topological polar surface area (TPSA) is 72.2 Å². The normalized spacial score (nSPS) is 21.7.